The number of carbonyl (C=O) groups is 2. The molecule has 3 aromatic heterocycles. The van der Waals surface area contributed by atoms with Gasteiger partial charge in [0, 0.05) is 60.6 Å². The van der Waals surface area contributed by atoms with Gasteiger partial charge in [-0.3, -0.25) is 9.59 Å². The molecule has 2 fully saturated rings. The molecular weight excluding hydrogens is 664 g/mol. The van der Waals surface area contributed by atoms with Gasteiger partial charge in [0.25, 0.3) is 11.8 Å². The monoisotopic (exact) mass is 698 g/mol. The Labute approximate surface area is 298 Å². The fraction of sp³-hybridized carbons (Fsp3) is 0.250. The van der Waals surface area contributed by atoms with Crippen molar-refractivity contribution < 1.29 is 18.7 Å². The average Bonchev–Trinajstić information content (AvgIpc) is 3.72. The number of fused-ring (bicyclic) bond motifs is 4. The van der Waals surface area contributed by atoms with Gasteiger partial charge >= 0.3 is 0 Å². The summed E-state index contributed by atoms with van der Waals surface area (Å²) < 4.78 is 21.4. The van der Waals surface area contributed by atoms with Gasteiger partial charge in [0.1, 0.15) is 17.5 Å². The molecule has 9 nitrogen and oxygen atoms in total. The molecule has 0 radical (unpaired) electrons. The SMILES string of the molecule is Cc1cnc(N2CC3(CCOCC3)C2)c(C(=O)Nc2ccc(C(=O)N3CCc4cc(-c5nc6ccccc6[nH]5)sc4-c4ccccc43)c(F)c2)c1. The Morgan fingerprint density at radius 2 is 1.78 bits per heavy atom. The number of thiophene rings is 1. The molecule has 6 aromatic rings. The molecule has 2 amide bonds. The quantitative estimate of drug-likeness (QED) is 0.190. The van der Waals surface area contributed by atoms with E-state index in [1.54, 1.807) is 28.5 Å². The lowest BCUT2D eigenvalue weighted by atomic mass is 9.73. The Kier molecular flexibility index (Phi) is 7.70. The zero-order valence-corrected chi connectivity index (χ0v) is 28.9. The molecule has 1 spiro atoms. The lowest BCUT2D eigenvalue weighted by molar-refractivity contribution is -0.000510. The standard InChI is InChI=1S/C40H35FN6O3S/c1-24-18-29(37(42-21-24)46-22-40(23-46)13-16-50-17-14-40)38(48)43-26-10-11-27(30(41)20-26)39(49)47-15-12-25-19-34(36-44-31-7-3-4-8-32(31)45-36)51-35(25)28-6-2-5-9-33(28)47/h2-11,18-21H,12-17,22-23H2,1H3,(H,43,48)(H,44,45). The van der Waals surface area contributed by atoms with E-state index in [-0.39, 0.29) is 22.6 Å². The minimum Gasteiger partial charge on any atom is -0.381 e. The second kappa shape index (κ2) is 12.4. The molecule has 2 N–H and O–H groups in total. The molecule has 6 heterocycles. The molecule has 2 saturated heterocycles. The number of nitrogens with one attached hydrogen (secondary N) is 2. The van der Waals surface area contributed by atoms with Crippen LogP contribution in [0.4, 0.5) is 21.6 Å². The van der Waals surface area contributed by atoms with Crippen LogP contribution in [0.2, 0.25) is 0 Å². The minimum atomic E-state index is -0.701. The number of carbonyl (C=O) groups excluding carboxylic acids is 2. The molecule has 0 saturated carbocycles. The first-order chi connectivity index (χ1) is 24.8. The largest absolute Gasteiger partial charge is 0.381 e. The van der Waals surface area contributed by atoms with Crippen molar-refractivity contribution in [2.75, 3.05) is 48.0 Å². The Balaban J connectivity index is 0.946. The van der Waals surface area contributed by atoms with Gasteiger partial charge in [-0.05, 0) is 85.8 Å². The molecule has 11 heteroatoms. The number of H-pyrrole nitrogens is 1. The van der Waals surface area contributed by atoms with Crippen molar-refractivity contribution >= 4 is 51.4 Å². The molecule has 0 unspecified atom stereocenters. The number of imidazole rings is 1. The van der Waals surface area contributed by atoms with E-state index in [1.165, 1.54) is 12.1 Å². The van der Waals surface area contributed by atoms with Crippen LogP contribution in [-0.2, 0) is 11.2 Å². The maximum Gasteiger partial charge on any atom is 0.261 e. The minimum absolute atomic E-state index is 0.0590. The zero-order valence-electron chi connectivity index (χ0n) is 28.0. The number of benzene rings is 3. The number of halogens is 1. The van der Waals surface area contributed by atoms with Crippen molar-refractivity contribution in [3.05, 3.63) is 113 Å². The summed E-state index contributed by atoms with van der Waals surface area (Å²) in [6.45, 7) is 5.45. The molecule has 256 valence electrons. The summed E-state index contributed by atoms with van der Waals surface area (Å²) in [6, 6.07) is 23.9. The van der Waals surface area contributed by atoms with E-state index in [2.05, 4.69) is 26.3 Å². The smallest absolute Gasteiger partial charge is 0.261 e. The fourth-order valence-corrected chi connectivity index (χ4v) is 8.81. The molecule has 51 heavy (non-hydrogen) atoms. The van der Waals surface area contributed by atoms with E-state index < -0.39 is 11.7 Å². The molecule has 3 aromatic carbocycles. The van der Waals surface area contributed by atoms with E-state index in [9.17, 15) is 9.59 Å². The summed E-state index contributed by atoms with van der Waals surface area (Å²) in [5, 5.41) is 2.85. The van der Waals surface area contributed by atoms with Gasteiger partial charge in [0.2, 0.25) is 0 Å². The van der Waals surface area contributed by atoms with Crippen molar-refractivity contribution in [3.8, 4) is 21.1 Å². The molecule has 0 atom stereocenters. The number of para-hydroxylation sites is 3. The number of anilines is 3. The number of pyridine rings is 1. The van der Waals surface area contributed by atoms with Crippen LogP contribution in [0.5, 0.6) is 0 Å². The van der Waals surface area contributed by atoms with Gasteiger partial charge in [0.15, 0.2) is 0 Å². The van der Waals surface area contributed by atoms with E-state index >= 15 is 4.39 Å². The van der Waals surface area contributed by atoms with E-state index in [0.29, 0.717) is 24.3 Å². The first-order valence-corrected chi connectivity index (χ1v) is 18.1. The van der Waals surface area contributed by atoms with Crippen LogP contribution < -0.4 is 15.1 Å². The third kappa shape index (κ3) is 5.66. The van der Waals surface area contributed by atoms with Gasteiger partial charge in [0.05, 0.1) is 32.7 Å². The van der Waals surface area contributed by atoms with Gasteiger partial charge < -0.3 is 24.8 Å². The van der Waals surface area contributed by atoms with Crippen molar-refractivity contribution in [2.45, 2.75) is 26.2 Å². The normalized spacial score (nSPS) is 16.4. The van der Waals surface area contributed by atoms with Crippen LogP contribution in [0.3, 0.4) is 0 Å². The number of nitrogens with zero attached hydrogens (tertiary/aromatic N) is 4. The summed E-state index contributed by atoms with van der Waals surface area (Å²) in [5.41, 5.74) is 6.36. The van der Waals surface area contributed by atoms with Crippen molar-refractivity contribution in [3.63, 3.8) is 0 Å². The highest BCUT2D eigenvalue weighted by Crippen LogP contribution is 2.45. The van der Waals surface area contributed by atoms with Crippen LogP contribution in [0.1, 0.15) is 44.7 Å². The van der Waals surface area contributed by atoms with Gasteiger partial charge in [-0.25, -0.2) is 14.4 Å². The van der Waals surface area contributed by atoms with E-state index in [4.69, 9.17) is 9.72 Å². The molecular formula is C40H35FN6O3S. The molecule has 3 aliphatic heterocycles. The lowest BCUT2D eigenvalue weighted by Crippen LogP contribution is -2.59. The first kappa shape index (κ1) is 31.6. The number of ether oxygens (including phenoxy) is 1. The predicted molar refractivity (Wildman–Crippen MR) is 198 cm³/mol. The average molecular weight is 699 g/mol. The summed E-state index contributed by atoms with van der Waals surface area (Å²) in [7, 11) is 0. The summed E-state index contributed by atoms with van der Waals surface area (Å²) in [4.78, 5) is 46.4. The summed E-state index contributed by atoms with van der Waals surface area (Å²) in [6.07, 6.45) is 4.37. The van der Waals surface area contributed by atoms with Gasteiger partial charge in [-0.2, -0.15) is 0 Å². The second-order valence-electron chi connectivity index (χ2n) is 13.8. The van der Waals surface area contributed by atoms with E-state index in [0.717, 1.165) is 88.1 Å². The second-order valence-corrected chi connectivity index (χ2v) is 14.8. The summed E-state index contributed by atoms with van der Waals surface area (Å²) >= 11 is 1.63. The number of amides is 2. The van der Waals surface area contributed by atoms with Crippen molar-refractivity contribution in [1.29, 1.82) is 0 Å². The molecule has 3 aliphatic rings. The highest BCUT2D eigenvalue weighted by molar-refractivity contribution is 7.19. The summed E-state index contributed by atoms with van der Waals surface area (Å²) in [5.74, 6) is -0.0701. The first-order valence-electron chi connectivity index (χ1n) is 17.2. The molecule has 0 bridgehead atoms. The zero-order chi connectivity index (χ0) is 34.7. The number of aromatic nitrogens is 3. The van der Waals surface area contributed by atoms with Gasteiger partial charge in [-0.15, -0.1) is 11.3 Å². The third-order valence-corrected chi connectivity index (χ3v) is 11.5. The van der Waals surface area contributed by atoms with Crippen LogP contribution in [0.15, 0.2) is 85.1 Å². The molecule has 9 rings (SSSR count). The topological polar surface area (TPSA) is 103 Å². The lowest BCUT2D eigenvalue weighted by Gasteiger charge is -2.53. The fourth-order valence-electron chi connectivity index (χ4n) is 7.62. The van der Waals surface area contributed by atoms with Gasteiger partial charge in [-0.1, -0.05) is 30.3 Å². The van der Waals surface area contributed by atoms with E-state index in [1.807, 2.05) is 61.5 Å². The van der Waals surface area contributed by atoms with Crippen LogP contribution in [0.25, 0.3) is 32.2 Å². The van der Waals surface area contributed by atoms with Crippen LogP contribution >= 0.6 is 11.3 Å². The highest BCUT2D eigenvalue weighted by atomic mass is 32.1. The van der Waals surface area contributed by atoms with Crippen LogP contribution in [-0.4, -0.2) is 59.6 Å². The Morgan fingerprint density at radius 3 is 2.61 bits per heavy atom. The Morgan fingerprint density at radius 1 is 0.980 bits per heavy atom. The number of aryl methyl sites for hydroxylation is 1. The maximum absolute atomic E-state index is 15.8. The maximum atomic E-state index is 15.8. The van der Waals surface area contributed by atoms with Crippen molar-refractivity contribution in [1.82, 2.24) is 15.0 Å². The number of aromatic amines is 1. The molecule has 0 aliphatic carbocycles. The Hall–Kier alpha value is -5.39. The van der Waals surface area contributed by atoms with Crippen molar-refractivity contribution in [2.24, 2.45) is 5.41 Å². The van der Waals surface area contributed by atoms with Crippen LogP contribution in [0, 0.1) is 18.2 Å². The third-order valence-electron chi connectivity index (χ3n) is 10.3. The number of rotatable bonds is 5. The highest BCUT2D eigenvalue weighted by Gasteiger charge is 2.45. The number of hydrogen-bond donors (Lipinski definition) is 2. The predicted octanol–water partition coefficient (Wildman–Crippen LogP) is 7.87. The Bertz CT molecular complexity index is 2300. The number of hydrogen-bond acceptors (Lipinski definition) is 7.